The molecule has 3 aliphatic carbocycles. The van der Waals surface area contributed by atoms with Crippen molar-refractivity contribution in [3.05, 3.63) is 173 Å². The lowest BCUT2D eigenvalue weighted by atomic mass is 9.76. The van der Waals surface area contributed by atoms with E-state index in [1.165, 1.54) is 42.0 Å². The molecule has 4 aliphatic rings. The van der Waals surface area contributed by atoms with Crippen LogP contribution < -0.4 is 26.6 Å². The summed E-state index contributed by atoms with van der Waals surface area (Å²) < 4.78 is 10.5. The van der Waals surface area contributed by atoms with E-state index in [0.717, 1.165) is 164 Å². The molecule has 91 heavy (non-hydrogen) atoms. The quantitative estimate of drug-likeness (QED) is 0.0228. The lowest BCUT2D eigenvalue weighted by Crippen LogP contribution is -2.38. The molecule has 3 amide bonds. The van der Waals surface area contributed by atoms with Gasteiger partial charge < -0.3 is 56.1 Å². The van der Waals surface area contributed by atoms with E-state index in [1.54, 1.807) is 13.3 Å². The average Bonchev–Trinajstić information content (AvgIpc) is 1.42. The SMILES string of the molecule is C#Cc1cnc(C(=O)Nc2ccc(C(=C)CN3CCOCC3)cc2C2=CCCCC2)[nH]1.C#Cc1cnc(C(=O)Nc2ccc(C(=C)CNCCOC)cc2C2=CCCCC2)[nH]1.Cc1cnc(C(=O)Nc2ccc(C(C)(C)NCCO)cc2C2=CCC(C)(C)CC2)[nH]1. The summed E-state index contributed by atoms with van der Waals surface area (Å²) in [7, 11) is 1.68. The van der Waals surface area contributed by atoms with Crippen LogP contribution in [0, 0.1) is 37.0 Å². The van der Waals surface area contributed by atoms with Gasteiger partial charge in [-0.3, -0.25) is 19.3 Å². The molecule has 1 fully saturated rings. The van der Waals surface area contributed by atoms with Crippen LogP contribution in [-0.4, -0.2) is 130 Å². The smallest absolute Gasteiger partial charge is 0.291 e. The molecule has 1 saturated heterocycles. The number of morpholine rings is 1. The van der Waals surface area contributed by atoms with Crippen molar-refractivity contribution in [3.8, 4) is 24.7 Å². The van der Waals surface area contributed by atoms with Gasteiger partial charge in [0, 0.05) is 97.6 Å². The summed E-state index contributed by atoms with van der Waals surface area (Å²) in [5.74, 6) is 4.74. The highest BCUT2D eigenvalue weighted by molar-refractivity contribution is 6.05. The first-order valence-corrected chi connectivity index (χ1v) is 31.6. The third-order valence-corrected chi connectivity index (χ3v) is 16.8. The van der Waals surface area contributed by atoms with Crippen LogP contribution in [0.5, 0.6) is 0 Å². The number of hydrogen-bond acceptors (Lipinski definition) is 12. The Labute approximate surface area is 536 Å². The minimum Gasteiger partial charge on any atom is -0.395 e. The van der Waals surface area contributed by atoms with Crippen molar-refractivity contribution in [3.63, 3.8) is 0 Å². The van der Waals surface area contributed by atoms with E-state index >= 15 is 0 Å². The van der Waals surface area contributed by atoms with Crippen LogP contribution in [0.3, 0.4) is 0 Å². The number of anilines is 3. The lowest BCUT2D eigenvalue weighted by Gasteiger charge is -2.31. The van der Waals surface area contributed by atoms with Crippen molar-refractivity contribution in [1.82, 2.24) is 45.4 Å². The topological polar surface area (TPSA) is 239 Å². The number of methoxy groups -OCH3 is 1. The van der Waals surface area contributed by atoms with Gasteiger partial charge in [0.25, 0.3) is 17.7 Å². The van der Waals surface area contributed by atoms with E-state index in [0.29, 0.717) is 42.3 Å². The summed E-state index contributed by atoms with van der Waals surface area (Å²) in [5.41, 5.74) is 16.4. The first kappa shape index (κ1) is 68.2. The Bertz CT molecular complexity index is 3720. The molecule has 3 aromatic heterocycles. The second-order valence-electron chi connectivity index (χ2n) is 24.7. The molecule has 0 bridgehead atoms. The molecule has 9 N–H and O–H groups in total. The number of aliphatic hydroxyl groups excluding tert-OH is 1. The molecule has 0 atom stereocenters. The molecular formula is C73H90N12O6. The Balaban J connectivity index is 0.000000176. The van der Waals surface area contributed by atoms with Gasteiger partial charge in [0.15, 0.2) is 17.5 Å². The van der Waals surface area contributed by atoms with Crippen molar-refractivity contribution in [2.24, 2.45) is 5.41 Å². The van der Waals surface area contributed by atoms with Gasteiger partial charge in [0.2, 0.25) is 0 Å². The third-order valence-electron chi connectivity index (χ3n) is 16.8. The predicted molar refractivity (Wildman–Crippen MR) is 366 cm³/mol. The van der Waals surface area contributed by atoms with Crippen LogP contribution in [0.2, 0.25) is 0 Å². The summed E-state index contributed by atoms with van der Waals surface area (Å²) >= 11 is 0. The lowest BCUT2D eigenvalue weighted by molar-refractivity contribution is 0.0444. The number of aliphatic hydroxyl groups is 1. The predicted octanol–water partition coefficient (Wildman–Crippen LogP) is 12.2. The van der Waals surface area contributed by atoms with E-state index in [1.807, 2.05) is 43.3 Å². The number of rotatable bonds is 22. The zero-order valence-corrected chi connectivity index (χ0v) is 53.9. The fourth-order valence-corrected chi connectivity index (χ4v) is 11.3. The van der Waals surface area contributed by atoms with Crippen molar-refractivity contribution in [2.75, 3.05) is 88.8 Å². The summed E-state index contributed by atoms with van der Waals surface area (Å²) in [6.07, 6.45) is 34.1. The molecule has 18 heteroatoms. The number of imidazole rings is 3. The molecule has 478 valence electrons. The molecule has 10 rings (SSSR count). The molecule has 3 aromatic carbocycles. The largest absolute Gasteiger partial charge is 0.395 e. The van der Waals surface area contributed by atoms with Crippen LogP contribution in [0.4, 0.5) is 17.1 Å². The highest BCUT2D eigenvalue weighted by Crippen LogP contribution is 2.42. The maximum Gasteiger partial charge on any atom is 0.291 e. The number of aromatic nitrogens is 6. The van der Waals surface area contributed by atoms with Crippen LogP contribution >= 0.6 is 0 Å². The minimum absolute atomic E-state index is 0.0905. The number of aryl methyl sites for hydroxylation is 1. The molecule has 1 aliphatic heterocycles. The molecular weight excluding hydrogens is 1140 g/mol. The Hall–Kier alpha value is -8.72. The van der Waals surface area contributed by atoms with Crippen molar-refractivity contribution in [1.29, 1.82) is 0 Å². The number of aromatic amines is 3. The monoisotopic (exact) mass is 1230 g/mol. The summed E-state index contributed by atoms with van der Waals surface area (Å²) in [4.78, 5) is 61.5. The summed E-state index contributed by atoms with van der Waals surface area (Å²) in [5, 5.41) is 25.0. The van der Waals surface area contributed by atoms with Crippen LogP contribution in [-0.2, 0) is 15.0 Å². The zero-order valence-electron chi connectivity index (χ0n) is 53.9. The number of amides is 3. The Morgan fingerprint density at radius 3 is 1.69 bits per heavy atom. The number of hydrogen-bond donors (Lipinski definition) is 9. The summed E-state index contributed by atoms with van der Waals surface area (Å²) in [6, 6.07) is 18.4. The van der Waals surface area contributed by atoms with Crippen LogP contribution in [0.25, 0.3) is 27.9 Å². The van der Waals surface area contributed by atoms with E-state index < -0.39 is 0 Å². The van der Waals surface area contributed by atoms with Crippen molar-refractivity contribution < 1.29 is 29.0 Å². The number of terminal acetylenes is 2. The number of carbonyl (C=O) groups excluding carboxylic acids is 3. The molecule has 0 spiro atoms. The first-order chi connectivity index (χ1) is 43.9. The summed E-state index contributed by atoms with van der Waals surface area (Å²) in [6.45, 7) is 26.1. The van der Waals surface area contributed by atoms with Gasteiger partial charge in [-0.15, -0.1) is 12.8 Å². The molecule has 0 radical (unpaired) electrons. The number of carbonyl (C=O) groups is 3. The van der Waals surface area contributed by atoms with Gasteiger partial charge in [0.05, 0.1) is 38.8 Å². The van der Waals surface area contributed by atoms with E-state index in [2.05, 4.69) is 151 Å². The Morgan fingerprint density at radius 2 is 1.22 bits per heavy atom. The number of allylic oxidation sites excluding steroid dienone is 6. The molecule has 6 aromatic rings. The number of H-pyrrole nitrogens is 3. The van der Waals surface area contributed by atoms with Gasteiger partial charge in [-0.05, 0) is 178 Å². The minimum atomic E-state index is -0.318. The number of nitrogens with zero attached hydrogens (tertiary/aromatic N) is 4. The van der Waals surface area contributed by atoms with Crippen LogP contribution in [0.15, 0.2) is 105 Å². The zero-order chi connectivity index (χ0) is 64.9. The highest BCUT2D eigenvalue weighted by Gasteiger charge is 2.27. The number of nitrogens with one attached hydrogen (secondary N) is 8. The second kappa shape index (κ2) is 32.8. The van der Waals surface area contributed by atoms with Crippen molar-refractivity contribution >= 4 is 62.6 Å². The average molecular weight is 1230 g/mol. The van der Waals surface area contributed by atoms with Gasteiger partial charge in [-0.1, -0.05) is 75.3 Å². The fourth-order valence-electron chi connectivity index (χ4n) is 11.3. The molecule has 4 heterocycles. The van der Waals surface area contributed by atoms with Gasteiger partial charge in [-0.2, -0.15) is 0 Å². The Kier molecular flexibility index (Phi) is 24.6. The van der Waals surface area contributed by atoms with E-state index in [-0.39, 0.29) is 41.5 Å². The Morgan fingerprint density at radius 1 is 0.703 bits per heavy atom. The number of ether oxygens (including phenoxy) is 2. The van der Waals surface area contributed by atoms with Crippen LogP contribution in [0.1, 0.15) is 181 Å². The standard InChI is InChI=1S/C25H28N4O2.C24H34N4O2.C24H28N4O2/c1-3-21-16-26-24(27-21)25(30)28-23-10-9-20(15-22(23)19-7-5-4-6-8-19)18(2)17-29-11-13-31-14-12-29;1-16-15-25-21(27-16)22(30)28-20-7-6-18(24(4,5)26-12-13-29)14-19(20)17-8-10-23(2,3)11-9-17;1-4-20-16-26-23(27-20)24(29)28-22-11-10-19(17(2)15-25-12-13-30-3)14-21(22)18-8-6-5-7-9-18/h1,7,9-10,15-16H,2,4-6,8,11-14,17H2,(H,26,27)(H,28,30);6-8,14-15,26,29H,9-13H2,1-5H3,(H,25,27)(H,28,30);1,8,10-11,14,16,25H,2,5-7,9,12-13,15H2,3H3,(H,26,27)(H,28,29). The normalized spacial score (nSPS) is 15.5. The van der Waals surface area contributed by atoms with E-state index in [9.17, 15) is 19.5 Å². The van der Waals surface area contributed by atoms with Gasteiger partial charge >= 0.3 is 0 Å². The highest BCUT2D eigenvalue weighted by atomic mass is 16.5. The fraction of sp³-hybridized carbons (Fsp3) is 0.397. The van der Waals surface area contributed by atoms with Crippen molar-refractivity contribution in [2.45, 2.75) is 111 Å². The second-order valence-corrected chi connectivity index (χ2v) is 24.7. The maximum atomic E-state index is 12.7. The number of benzene rings is 3. The molecule has 0 unspecified atom stereocenters. The molecule has 18 nitrogen and oxygen atoms in total. The van der Waals surface area contributed by atoms with E-state index in [4.69, 9.17) is 22.3 Å². The van der Waals surface area contributed by atoms with Gasteiger partial charge in [0.1, 0.15) is 11.4 Å². The third kappa shape index (κ3) is 19.4. The molecule has 0 saturated carbocycles. The maximum absolute atomic E-state index is 12.7. The van der Waals surface area contributed by atoms with Gasteiger partial charge in [-0.25, -0.2) is 15.0 Å². The first-order valence-electron chi connectivity index (χ1n) is 31.6.